The zero-order chi connectivity index (χ0) is 15.1. The number of carbonyl (C=O) groups is 1. The van der Waals surface area contributed by atoms with Gasteiger partial charge >= 0.3 is 6.03 Å². The van der Waals surface area contributed by atoms with Gasteiger partial charge < -0.3 is 15.5 Å². The minimum absolute atomic E-state index is 0.0514. The van der Waals surface area contributed by atoms with Gasteiger partial charge in [0.1, 0.15) is 0 Å². The van der Waals surface area contributed by atoms with Gasteiger partial charge in [0.25, 0.3) is 0 Å². The van der Waals surface area contributed by atoms with Gasteiger partial charge in [0.05, 0.1) is 0 Å². The summed E-state index contributed by atoms with van der Waals surface area (Å²) in [6.07, 6.45) is 3.31. The van der Waals surface area contributed by atoms with Crippen LogP contribution in [0.3, 0.4) is 0 Å². The predicted molar refractivity (Wildman–Crippen MR) is 86.3 cm³/mol. The van der Waals surface area contributed by atoms with Gasteiger partial charge in [0.15, 0.2) is 0 Å². The molecule has 4 heteroatoms. The van der Waals surface area contributed by atoms with E-state index in [2.05, 4.69) is 53.6 Å². The number of aryl methyl sites for hydroxylation is 1. The second-order valence-corrected chi connectivity index (χ2v) is 5.93. The molecule has 1 saturated heterocycles. The lowest BCUT2D eigenvalue weighted by Crippen LogP contribution is -2.47. The van der Waals surface area contributed by atoms with Crippen LogP contribution in [0.15, 0.2) is 24.3 Å². The molecule has 1 heterocycles. The molecule has 0 radical (unpaired) electrons. The topological polar surface area (TPSA) is 44.4 Å². The highest BCUT2D eigenvalue weighted by Gasteiger charge is 2.19. The van der Waals surface area contributed by atoms with Crippen molar-refractivity contribution in [1.82, 2.24) is 15.5 Å². The smallest absolute Gasteiger partial charge is 0.315 e. The quantitative estimate of drug-likeness (QED) is 0.875. The summed E-state index contributed by atoms with van der Waals surface area (Å²) in [7, 11) is 0. The molecule has 0 aliphatic carbocycles. The molecule has 0 unspecified atom stereocenters. The number of nitrogens with zero attached hydrogens (tertiary/aromatic N) is 1. The maximum atomic E-state index is 11.9. The summed E-state index contributed by atoms with van der Waals surface area (Å²) in [5.41, 5.74) is 2.37. The Morgan fingerprint density at radius 1 is 1.24 bits per heavy atom. The molecular formula is C17H27N3O. The van der Waals surface area contributed by atoms with Crippen LogP contribution >= 0.6 is 0 Å². The Labute approximate surface area is 127 Å². The summed E-state index contributed by atoms with van der Waals surface area (Å²) >= 11 is 0. The molecule has 21 heavy (non-hydrogen) atoms. The monoisotopic (exact) mass is 289 g/mol. The number of carbonyl (C=O) groups excluding carboxylic acids is 1. The summed E-state index contributed by atoms with van der Waals surface area (Å²) in [4.78, 5) is 14.4. The van der Waals surface area contributed by atoms with Crippen LogP contribution in [0, 0.1) is 6.92 Å². The Balaban J connectivity index is 1.67. The van der Waals surface area contributed by atoms with Crippen molar-refractivity contribution in [3.8, 4) is 0 Å². The summed E-state index contributed by atoms with van der Waals surface area (Å²) in [6.45, 7) is 8.22. The molecule has 4 nitrogen and oxygen atoms in total. The van der Waals surface area contributed by atoms with Gasteiger partial charge in [0, 0.05) is 25.7 Å². The van der Waals surface area contributed by atoms with Crippen LogP contribution in [0.2, 0.25) is 0 Å². The molecule has 2 amide bonds. The Hall–Kier alpha value is -1.55. The lowest BCUT2D eigenvalue weighted by molar-refractivity contribution is 0.192. The first-order valence-electron chi connectivity index (χ1n) is 7.99. The second kappa shape index (κ2) is 8.03. The molecular weight excluding hydrogens is 262 g/mol. The fourth-order valence-corrected chi connectivity index (χ4v) is 2.74. The van der Waals surface area contributed by atoms with E-state index >= 15 is 0 Å². The highest BCUT2D eigenvalue weighted by atomic mass is 16.2. The largest absolute Gasteiger partial charge is 0.335 e. The average molecular weight is 289 g/mol. The maximum Gasteiger partial charge on any atom is 0.315 e. The van der Waals surface area contributed by atoms with E-state index in [1.165, 1.54) is 18.5 Å². The highest BCUT2D eigenvalue weighted by Crippen LogP contribution is 2.10. The van der Waals surface area contributed by atoms with E-state index in [4.69, 9.17) is 0 Å². The zero-order valence-electron chi connectivity index (χ0n) is 13.2. The predicted octanol–water partition coefficient (Wildman–Crippen LogP) is 2.67. The minimum Gasteiger partial charge on any atom is -0.335 e. The Bertz CT molecular complexity index is 436. The molecule has 0 saturated carbocycles. The molecule has 1 aliphatic rings. The van der Waals surface area contributed by atoms with E-state index in [1.54, 1.807) is 0 Å². The van der Waals surface area contributed by atoms with Gasteiger partial charge in [-0.1, -0.05) is 36.8 Å². The van der Waals surface area contributed by atoms with Gasteiger partial charge in [-0.15, -0.1) is 0 Å². The van der Waals surface area contributed by atoms with E-state index in [0.717, 1.165) is 31.5 Å². The summed E-state index contributed by atoms with van der Waals surface area (Å²) < 4.78 is 0. The number of piperidine rings is 1. The Kier molecular flexibility index (Phi) is 6.05. The van der Waals surface area contributed by atoms with Crippen molar-refractivity contribution in [2.75, 3.05) is 19.6 Å². The van der Waals surface area contributed by atoms with Crippen molar-refractivity contribution < 1.29 is 4.79 Å². The first-order chi connectivity index (χ1) is 10.2. The third-order valence-electron chi connectivity index (χ3n) is 4.04. The van der Waals surface area contributed by atoms with Crippen LogP contribution in [-0.2, 0) is 6.54 Å². The SMILES string of the molecule is CCCN1CCC(NC(=O)NCc2ccc(C)cc2)CC1. The maximum absolute atomic E-state index is 11.9. The van der Waals surface area contributed by atoms with E-state index in [-0.39, 0.29) is 6.03 Å². The summed E-state index contributed by atoms with van der Waals surface area (Å²) in [5.74, 6) is 0. The number of rotatable bonds is 5. The number of hydrogen-bond acceptors (Lipinski definition) is 2. The standard InChI is InChI=1S/C17H27N3O/c1-3-10-20-11-8-16(9-12-20)19-17(21)18-13-15-6-4-14(2)5-7-15/h4-7,16H,3,8-13H2,1-2H3,(H2,18,19,21). The van der Waals surface area contributed by atoms with Crippen molar-refractivity contribution in [1.29, 1.82) is 0 Å². The molecule has 1 aliphatic heterocycles. The van der Waals surface area contributed by atoms with Crippen LogP contribution in [0.4, 0.5) is 4.79 Å². The van der Waals surface area contributed by atoms with E-state index < -0.39 is 0 Å². The van der Waals surface area contributed by atoms with Crippen LogP contribution in [0.5, 0.6) is 0 Å². The third kappa shape index (κ3) is 5.38. The zero-order valence-corrected chi connectivity index (χ0v) is 13.2. The van der Waals surface area contributed by atoms with Crippen molar-refractivity contribution in [3.63, 3.8) is 0 Å². The first kappa shape index (κ1) is 15.8. The lowest BCUT2D eigenvalue weighted by atomic mass is 10.1. The van der Waals surface area contributed by atoms with Crippen molar-refractivity contribution >= 4 is 6.03 Å². The number of likely N-dealkylation sites (tertiary alicyclic amines) is 1. The van der Waals surface area contributed by atoms with Gasteiger partial charge in [-0.3, -0.25) is 0 Å². The highest BCUT2D eigenvalue weighted by molar-refractivity contribution is 5.74. The fraction of sp³-hybridized carbons (Fsp3) is 0.588. The molecule has 1 aromatic carbocycles. The molecule has 1 fully saturated rings. The van der Waals surface area contributed by atoms with Gasteiger partial charge in [-0.25, -0.2) is 4.79 Å². The average Bonchev–Trinajstić information content (AvgIpc) is 2.49. The van der Waals surface area contributed by atoms with Crippen LogP contribution in [0.25, 0.3) is 0 Å². The van der Waals surface area contributed by atoms with Crippen molar-refractivity contribution in [3.05, 3.63) is 35.4 Å². The minimum atomic E-state index is -0.0514. The number of benzene rings is 1. The molecule has 116 valence electrons. The fourth-order valence-electron chi connectivity index (χ4n) is 2.74. The molecule has 1 aromatic rings. The molecule has 0 spiro atoms. The number of urea groups is 1. The van der Waals surface area contributed by atoms with Crippen molar-refractivity contribution in [2.24, 2.45) is 0 Å². The first-order valence-corrected chi connectivity index (χ1v) is 7.99. The molecule has 0 atom stereocenters. The van der Waals surface area contributed by atoms with Crippen LogP contribution < -0.4 is 10.6 Å². The Morgan fingerprint density at radius 2 is 1.90 bits per heavy atom. The number of hydrogen-bond donors (Lipinski definition) is 2. The normalized spacial score (nSPS) is 16.7. The number of nitrogens with one attached hydrogen (secondary N) is 2. The third-order valence-corrected chi connectivity index (χ3v) is 4.04. The van der Waals surface area contributed by atoms with Crippen molar-refractivity contribution in [2.45, 2.75) is 45.7 Å². The molecule has 0 bridgehead atoms. The summed E-state index contributed by atoms with van der Waals surface area (Å²) in [5, 5.41) is 6.02. The van der Waals surface area contributed by atoms with Gasteiger partial charge in [0.2, 0.25) is 0 Å². The number of amides is 2. The second-order valence-electron chi connectivity index (χ2n) is 5.93. The van der Waals surface area contributed by atoms with Crippen LogP contribution in [0.1, 0.15) is 37.3 Å². The van der Waals surface area contributed by atoms with Gasteiger partial charge in [-0.05, 0) is 38.3 Å². The van der Waals surface area contributed by atoms with E-state index in [1.807, 2.05) is 0 Å². The Morgan fingerprint density at radius 3 is 2.52 bits per heavy atom. The van der Waals surface area contributed by atoms with Gasteiger partial charge in [-0.2, -0.15) is 0 Å². The van der Waals surface area contributed by atoms with E-state index in [0.29, 0.717) is 12.6 Å². The summed E-state index contributed by atoms with van der Waals surface area (Å²) in [6, 6.07) is 8.51. The molecule has 0 aromatic heterocycles. The lowest BCUT2D eigenvalue weighted by Gasteiger charge is -2.32. The van der Waals surface area contributed by atoms with Crippen LogP contribution in [-0.4, -0.2) is 36.6 Å². The molecule has 2 rings (SSSR count). The molecule has 2 N–H and O–H groups in total. The van der Waals surface area contributed by atoms with E-state index in [9.17, 15) is 4.79 Å².